The Morgan fingerprint density at radius 3 is 2.52 bits per heavy atom. The van der Waals surface area contributed by atoms with Crippen molar-refractivity contribution in [2.75, 3.05) is 39.9 Å². The van der Waals surface area contributed by atoms with Gasteiger partial charge in [0, 0.05) is 32.1 Å². The van der Waals surface area contributed by atoms with Gasteiger partial charge in [-0.1, -0.05) is 12.5 Å². The number of halogens is 1. The molecule has 1 aliphatic rings. The topological polar surface area (TPSA) is 84.0 Å². The number of methoxy groups -OCH3 is 1. The quantitative estimate of drug-likeness (QED) is 0.153. The molecule has 0 aromatic heterocycles. The molecule has 1 aromatic rings. The minimum Gasteiger partial charge on any atom is -0.493 e. The Kier molecular flexibility index (Phi) is 14.1. The first-order valence-electron chi connectivity index (χ1n) is 11.3. The molecule has 1 fully saturated rings. The van der Waals surface area contributed by atoms with E-state index in [9.17, 15) is 4.79 Å². The summed E-state index contributed by atoms with van der Waals surface area (Å²) in [4.78, 5) is 16.4. The maximum atomic E-state index is 11.8. The van der Waals surface area contributed by atoms with E-state index in [1.54, 1.807) is 7.11 Å². The fourth-order valence-corrected chi connectivity index (χ4v) is 3.28. The van der Waals surface area contributed by atoms with E-state index in [1.165, 1.54) is 12.0 Å². The van der Waals surface area contributed by atoms with Gasteiger partial charge in [0.2, 0.25) is 5.91 Å². The number of ether oxygens (including phenoxy) is 2. The SMILES string of the molecule is CCNC(=NCCCNC(=O)C1CCC1)NCCCc1ccc(OC)c(OCC)c1.I. The lowest BCUT2D eigenvalue weighted by Gasteiger charge is -2.23. The van der Waals surface area contributed by atoms with Crippen molar-refractivity contribution in [3.63, 3.8) is 0 Å². The summed E-state index contributed by atoms with van der Waals surface area (Å²) in [6, 6.07) is 6.10. The maximum absolute atomic E-state index is 11.8. The van der Waals surface area contributed by atoms with Gasteiger partial charge in [-0.15, -0.1) is 24.0 Å². The number of nitrogens with one attached hydrogen (secondary N) is 3. The third-order valence-electron chi connectivity index (χ3n) is 5.19. The standard InChI is InChI=1S/C23H38N4O3.HI/c1-4-24-23(27-16-8-15-25-22(28)19-10-6-11-19)26-14-7-9-18-12-13-20(29-3)21(17-18)30-5-2;/h12-13,17,19H,4-11,14-16H2,1-3H3,(H,25,28)(H2,24,26,27);1H. The Morgan fingerprint density at radius 2 is 1.87 bits per heavy atom. The second-order valence-electron chi connectivity index (χ2n) is 7.48. The molecule has 2 rings (SSSR count). The zero-order chi connectivity index (χ0) is 21.6. The average molecular weight is 546 g/mol. The minimum absolute atomic E-state index is 0. The van der Waals surface area contributed by atoms with Crippen molar-refractivity contribution in [3.05, 3.63) is 23.8 Å². The fraction of sp³-hybridized carbons (Fsp3) is 0.652. The highest BCUT2D eigenvalue weighted by atomic mass is 127. The first-order valence-corrected chi connectivity index (χ1v) is 11.3. The Labute approximate surface area is 204 Å². The summed E-state index contributed by atoms with van der Waals surface area (Å²) in [7, 11) is 1.66. The second-order valence-corrected chi connectivity index (χ2v) is 7.48. The summed E-state index contributed by atoms with van der Waals surface area (Å²) in [6.07, 6.45) is 6.06. The van der Waals surface area contributed by atoms with Crippen molar-refractivity contribution in [3.8, 4) is 11.5 Å². The van der Waals surface area contributed by atoms with E-state index >= 15 is 0 Å². The van der Waals surface area contributed by atoms with Gasteiger partial charge >= 0.3 is 0 Å². The average Bonchev–Trinajstić information content (AvgIpc) is 2.70. The van der Waals surface area contributed by atoms with Crippen LogP contribution in [0.5, 0.6) is 11.5 Å². The van der Waals surface area contributed by atoms with Crippen molar-refractivity contribution >= 4 is 35.8 Å². The van der Waals surface area contributed by atoms with Crippen molar-refractivity contribution in [2.24, 2.45) is 10.9 Å². The Hall–Kier alpha value is -1.71. The second kappa shape index (κ2) is 16.0. The van der Waals surface area contributed by atoms with Crippen LogP contribution in [0.15, 0.2) is 23.2 Å². The van der Waals surface area contributed by atoms with Gasteiger partial charge in [-0.2, -0.15) is 0 Å². The van der Waals surface area contributed by atoms with Crippen LogP contribution in [0.3, 0.4) is 0 Å². The van der Waals surface area contributed by atoms with Crippen LogP contribution in [0.25, 0.3) is 0 Å². The summed E-state index contributed by atoms with van der Waals surface area (Å²) in [5.41, 5.74) is 1.23. The molecule has 7 nitrogen and oxygen atoms in total. The van der Waals surface area contributed by atoms with Gasteiger partial charge in [-0.25, -0.2) is 0 Å². The van der Waals surface area contributed by atoms with E-state index in [-0.39, 0.29) is 35.8 Å². The predicted molar refractivity (Wildman–Crippen MR) is 137 cm³/mol. The first kappa shape index (κ1) is 27.3. The van der Waals surface area contributed by atoms with E-state index in [0.29, 0.717) is 19.7 Å². The molecule has 8 heteroatoms. The molecule has 0 radical (unpaired) electrons. The summed E-state index contributed by atoms with van der Waals surface area (Å²) >= 11 is 0. The number of hydrogen-bond acceptors (Lipinski definition) is 4. The molecule has 0 saturated heterocycles. The van der Waals surface area contributed by atoms with E-state index in [0.717, 1.165) is 62.7 Å². The van der Waals surface area contributed by atoms with Gasteiger partial charge in [-0.3, -0.25) is 9.79 Å². The van der Waals surface area contributed by atoms with E-state index < -0.39 is 0 Å². The van der Waals surface area contributed by atoms with Crippen LogP contribution in [-0.2, 0) is 11.2 Å². The van der Waals surface area contributed by atoms with Crippen molar-refractivity contribution in [1.82, 2.24) is 16.0 Å². The third-order valence-corrected chi connectivity index (χ3v) is 5.19. The molecule has 0 spiro atoms. The summed E-state index contributed by atoms with van der Waals surface area (Å²) < 4.78 is 11.0. The number of carbonyl (C=O) groups is 1. The molecule has 3 N–H and O–H groups in total. The van der Waals surface area contributed by atoms with Crippen LogP contribution in [0, 0.1) is 5.92 Å². The lowest BCUT2D eigenvalue weighted by molar-refractivity contribution is -0.127. The molecular weight excluding hydrogens is 507 g/mol. The number of aryl methyl sites for hydroxylation is 1. The highest BCUT2D eigenvalue weighted by Gasteiger charge is 2.24. The highest BCUT2D eigenvalue weighted by Crippen LogP contribution is 2.28. The fourth-order valence-electron chi connectivity index (χ4n) is 3.28. The highest BCUT2D eigenvalue weighted by molar-refractivity contribution is 14.0. The normalized spacial score (nSPS) is 13.6. The summed E-state index contributed by atoms with van der Waals surface area (Å²) in [5.74, 6) is 2.85. The van der Waals surface area contributed by atoms with E-state index in [4.69, 9.17) is 9.47 Å². The first-order chi connectivity index (χ1) is 14.7. The maximum Gasteiger partial charge on any atom is 0.223 e. The molecule has 1 saturated carbocycles. The number of benzene rings is 1. The van der Waals surface area contributed by atoms with Crippen molar-refractivity contribution in [2.45, 2.75) is 52.4 Å². The smallest absolute Gasteiger partial charge is 0.223 e. The van der Waals surface area contributed by atoms with Crippen LogP contribution in [0.4, 0.5) is 0 Å². The number of guanidine groups is 1. The summed E-state index contributed by atoms with van der Waals surface area (Å²) in [5, 5.41) is 9.67. The van der Waals surface area contributed by atoms with Gasteiger partial charge in [0.25, 0.3) is 0 Å². The Morgan fingerprint density at radius 1 is 1.10 bits per heavy atom. The van der Waals surface area contributed by atoms with Crippen LogP contribution in [-0.4, -0.2) is 51.8 Å². The number of carbonyl (C=O) groups excluding carboxylic acids is 1. The predicted octanol–water partition coefficient (Wildman–Crippen LogP) is 3.51. The van der Waals surface area contributed by atoms with Crippen molar-refractivity contribution in [1.29, 1.82) is 0 Å². The van der Waals surface area contributed by atoms with E-state index in [1.807, 2.05) is 13.0 Å². The van der Waals surface area contributed by atoms with E-state index in [2.05, 4.69) is 40.0 Å². The lowest BCUT2D eigenvalue weighted by atomic mass is 9.85. The molecule has 0 heterocycles. The molecule has 31 heavy (non-hydrogen) atoms. The largest absolute Gasteiger partial charge is 0.493 e. The monoisotopic (exact) mass is 546 g/mol. The number of amides is 1. The van der Waals surface area contributed by atoms with Crippen LogP contribution >= 0.6 is 24.0 Å². The molecule has 1 aromatic carbocycles. The third kappa shape index (κ3) is 9.97. The summed E-state index contributed by atoms with van der Waals surface area (Å²) in [6.45, 7) is 7.69. The van der Waals surface area contributed by atoms with Gasteiger partial charge in [0.05, 0.1) is 13.7 Å². The molecule has 0 unspecified atom stereocenters. The van der Waals surface area contributed by atoms with Crippen LogP contribution in [0.2, 0.25) is 0 Å². The Bertz CT molecular complexity index is 681. The number of nitrogens with zero attached hydrogens (tertiary/aromatic N) is 1. The molecule has 1 amide bonds. The molecule has 0 atom stereocenters. The lowest BCUT2D eigenvalue weighted by Crippen LogP contribution is -2.38. The number of hydrogen-bond donors (Lipinski definition) is 3. The van der Waals surface area contributed by atoms with Crippen LogP contribution in [0.1, 0.15) is 51.5 Å². The van der Waals surface area contributed by atoms with Crippen LogP contribution < -0.4 is 25.4 Å². The minimum atomic E-state index is 0. The molecule has 1 aliphatic carbocycles. The molecule has 0 bridgehead atoms. The number of aliphatic imine (C=N–C) groups is 1. The number of rotatable bonds is 13. The Balaban J connectivity index is 0.00000480. The molecular formula is C23H39IN4O3. The van der Waals surface area contributed by atoms with Gasteiger partial charge < -0.3 is 25.4 Å². The zero-order valence-corrected chi connectivity index (χ0v) is 21.5. The van der Waals surface area contributed by atoms with Gasteiger partial charge in [0.1, 0.15) is 0 Å². The van der Waals surface area contributed by atoms with Gasteiger partial charge in [0.15, 0.2) is 17.5 Å². The molecule has 176 valence electrons. The van der Waals surface area contributed by atoms with Gasteiger partial charge in [-0.05, 0) is 63.6 Å². The zero-order valence-electron chi connectivity index (χ0n) is 19.2. The molecule has 0 aliphatic heterocycles. The van der Waals surface area contributed by atoms with Crippen molar-refractivity contribution < 1.29 is 14.3 Å².